The molecule has 0 spiro atoms. The van der Waals surface area contributed by atoms with Gasteiger partial charge in [0.25, 0.3) is 0 Å². The van der Waals surface area contributed by atoms with Crippen LogP contribution < -0.4 is 16.0 Å². The van der Waals surface area contributed by atoms with Crippen molar-refractivity contribution in [1.29, 1.82) is 0 Å². The highest BCUT2D eigenvalue weighted by molar-refractivity contribution is 9.10. The first kappa shape index (κ1) is 14.1. The maximum Gasteiger partial charge on any atom is 0.245 e. The second-order valence-corrected chi connectivity index (χ2v) is 5.68. The molecular formula is C14H18BrN3O. The van der Waals surface area contributed by atoms with Crippen LogP contribution in [0.4, 0.5) is 11.4 Å². The highest BCUT2D eigenvalue weighted by Crippen LogP contribution is 2.38. The van der Waals surface area contributed by atoms with Crippen LogP contribution in [0.5, 0.6) is 0 Å². The molecule has 0 fully saturated rings. The van der Waals surface area contributed by atoms with Gasteiger partial charge in [-0.3, -0.25) is 4.79 Å². The number of amides is 1. The molecule has 0 bridgehead atoms. The fourth-order valence-corrected chi connectivity index (χ4v) is 2.84. The van der Waals surface area contributed by atoms with Gasteiger partial charge in [-0.2, -0.15) is 0 Å². The molecule has 1 atom stereocenters. The van der Waals surface area contributed by atoms with E-state index >= 15 is 0 Å². The summed E-state index contributed by atoms with van der Waals surface area (Å²) in [5.41, 5.74) is 9.61. The fraction of sp³-hybridized carbons (Fsp3) is 0.357. The van der Waals surface area contributed by atoms with Gasteiger partial charge in [-0.1, -0.05) is 12.2 Å². The first-order chi connectivity index (χ1) is 8.93. The summed E-state index contributed by atoms with van der Waals surface area (Å²) in [6.45, 7) is 9.69. The molecule has 1 aromatic carbocycles. The number of nitrogens with one attached hydrogen (secondary N) is 1. The summed E-state index contributed by atoms with van der Waals surface area (Å²) in [4.78, 5) is 13.8. The van der Waals surface area contributed by atoms with Crippen molar-refractivity contribution < 1.29 is 4.79 Å². The van der Waals surface area contributed by atoms with Crippen molar-refractivity contribution >= 4 is 33.2 Å². The zero-order chi connectivity index (χ0) is 14.2. The van der Waals surface area contributed by atoms with E-state index < -0.39 is 6.04 Å². The summed E-state index contributed by atoms with van der Waals surface area (Å²) < 4.78 is 0.946. The van der Waals surface area contributed by atoms with Crippen LogP contribution in [0.1, 0.15) is 25.5 Å². The van der Waals surface area contributed by atoms with Crippen LogP contribution in [0.15, 0.2) is 28.8 Å². The lowest BCUT2D eigenvalue weighted by Gasteiger charge is -2.25. The number of carbonyl (C=O) groups is 1. The smallest absolute Gasteiger partial charge is 0.245 e. The number of nitrogens with two attached hydrogens (primary N) is 1. The summed E-state index contributed by atoms with van der Waals surface area (Å²) in [5, 5.41) is 2.81. The van der Waals surface area contributed by atoms with E-state index in [-0.39, 0.29) is 5.91 Å². The molecule has 1 amide bonds. The SMILES string of the molecule is C=C(C)CN(CC)c1cc2c(cc1Br)C(N)C(=O)N2. The number of nitrogens with zero attached hydrogens (tertiary/aromatic N) is 1. The number of halogens is 1. The van der Waals surface area contributed by atoms with Crippen molar-refractivity contribution in [2.45, 2.75) is 19.9 Å². The number of fused-ring (bicyclic) bond motifs is 1. The zero-order valence-electron chi connectivity index (χ0n) is 11.2. The van der Waals surface area contributed by atoms with Gasteiger partial charge in [-0.05, 0) is 41.9 Å². The topological polar surface area (TPSA) is 58.4 Å². The molecule has 0 saturated carbocycles. The van der Waals surface area contributed by atoms with Gasteiger partial charge >= 0.3 is 0 Å². The summed E-state index contributed by atoms with van der Waals surface area (Å²) >= 11 is 3.56. The summed E-state index contributed by atoms with van der Waals surface area (Å²) in [5.74, 6) is -0.151. The molecule has 3 N–H and O–H groups in total. The van der Waals surface area contributed by atoms with Crippen molar-refractivity contribution in [3.05, 3.63) is 34.3 Å². The predicted molar refractivity (Wildman–Crippen MR) is 82.4 cm³/mol. The molecular weight excluding hydrogens is 306 g/mol. The third-order valence-electron chi connectivity index (χ3n) is 3.18. The number of rotatable bonds is 4. The first-order valence-electron chi connectivity index (χ1n) is 6.23. The Bertz CT molecular complexity index is 542. The summed E-state index contributed by atoms with van der Waals surface area (Å²) in [7, 11) is 0. The van der Waals surface area contributed by atoms with E-state index in [4.69, 9.17) is 5.73 Å². The lowest BCUT2D eigenvalue weighted by atomic mass is 10.1. The largest absolute Gasteiger partial charge is 0.367 e. The third-order valence-corrected chi connectivity index (χ3v) is 3.81. The molecule has 0 saturated heterocycles. The Morgan fingerprint density at radius 1 is 1.58 bits per heavy atom. The van der Waals surface area contributed by atoms with Gasteiger partial charge < -0.3 is 16.0 Å². The van der Waals surface area contributed by atoms with E-state index in [2.05, 4.69) is 39.6 Å². The van der Waals surface area contributed by atoms with Crippen molar-refractivity contribution in [2.24, 2.45) is 5.73 Å². The molecule has 1 aliphatic heterocycles. The van der Waals surface area contributed by atoms with Gasteiger partial charge in [-0.15, -0.1) is 0 Å². The van der Waals surface area contributed by atoms with Crippen molar-refractivity contribution in [3.63, 3.8) is 0 Å². The number of hydrogen-bond acceptors (Lipinski definition) is 3. The van der Waals surface area contributed by atoms with Gasteiger partial charge in [0.1, 0.15) is 6.04 Å². The van der Waals surface area contributed by atoms with Crippen LogP contribution >= 0.6 is 15.9 Å². The molecule has 102 valence electrons. The fourth-order valence-electron chi connectivity index (χ4n) is 2.23. The maximum absolute atomic E-state index is 11.6. The number of anilines is 2. The second-order valence-electron chi connectivity index (χ2n) is 4.83. The molecule has 1 aromatic rings. The molecule has 1 unspecified atom stereocenters. The molecule has 5 heteroatoms. The van der Waals surface area contributed by atoms with Crippen LogP contribution in [0.25, 0.3) is 0 Å². The van der Waals surface area contributed by atoms with Crippen molar-refractivity contribution in [3.8, 4) is 0 Å². The molecule has 0 aromatic heterocycles. The maximum atomic E-state index is 11.6. The quantitative estimate of drug-likeness (QED) is 0.838. The minimum absolute atomic E-state index is 0.151. The second kappa shape index (κ2) is 5.35. The van der Waals surface area contributed by atoms with Crippen LogP contribution in [-0.4, -0.2) is 19.0 Å². The molecule has 0 radical (unpaired) electrons. The highest BCUT2D eigenvalue weighted by Gasteiger charge is 2.28. The monoisotopic (exact) mass is 323 g/mol. The highest BCUT2D eigenvalue weighted by atomic mass is 79.9. The van der Waals surface area contributed by atoms with Crippen molar-refractivity contribution in [2.75, 3.05) is 23.3 Å². The molecule has 1 aliphatic rings. The van der Waals surface area contributed by atoms with Gasteiger partial charge in [0, 0.05) is 28.8 Å². The third kappa shape index (κ3) is 2.67. The number of hydrogen-bond donors (Lipinski definition) is 2. The predicted octanol–water partition coefficient (Wildman–Crippen LogP) is 2.80. The van der Waals surface area contributed by atoms with Crippen LogP contribution in [0, 0.1) is 0 Å². The van der Waals surface area contributed by atoms with Gasteiger partial charge in [0.2, 0.25) is 5.91 Å². The first-order valence-corrected chi connectivity index (χ1v) is 7.02. The van der Waals surface area contributed by atoms with Crippen LogP contribution in [-0.2, 0) is 4.79 Å². The van der Waals surface area contributed by atoms with Gasteiger partial charge in [0.05, 0.1) is 5.69 Å². The Hall–Kier alpha value is -1.33. The average Bonchev–Trinajstić information content (AvgIpc) is 2.62. The van der Waals surface area contributed by atoms with E-state index in [0.717, 1.165) is 40.1 Å². The van der Waals surface area contributed by atoms with Crippen molar-refractivity contribution in [1.82, 2.24) is 0 Å². The zero-order valence-corrected chi connectivity index (χ0v) is 12.8. The molecule has 0 aliphatic carbocycles. The average molecular weight is 324 g/mol. The number of benzene rings is 1. The Balaban J connectivity index is 2.41. The van der Waals surface area contributed by atoms with E-state index in [1.54, 1.807) is 0 Å². The Morgan fingerprint density at radius 2 is 2.26 bits per heavy atom. The minimum atomic E-state index is -0.573. The van der Waals surface area contributed by atoms with E-state index in [0.29, 0.717) is 0 Å². The van der Waals surface area contributed by atoms with Gasteiger partial charge in [0.15, 0.2) is 0 Å². The lowest BCUT2D eigenvalue weighted by molar-refractivity contribution is -0.116. The Morgan fingerprint density at radius 3 is 2.84 bits per heavy atom. The molecule has 4 nitrogen and oxygen atoms in total. The number of likely N-dealkylation sites (N-methyl/N-ethyl adjacent to an activating group) is 1. The summed E-state index contributed by atoms with van der Waals surface area (Å²) in [6.07, 6.45) is 0. The van der Waals surface area contributed by atoms with E-state index in [1.165, 1.54) is 0 Å². The Kier molecular flexibility index (Phi) is 3.96. The van der Waals surface area contributed by atoms with Gasteiger partial charge in [-0.25, -0.2) is 0 Å². The summed E-state index contributed by atoms with van der Waals surface area (Å²) in [6, 6.07) is 3.32. The van der Waals surface area contributed by atoms with Crippen LogP contribution in [0.3, 0.4) is 0 Å². The number of carbonyl (C=O) groups excluding carboxylic acids is 1. The normalized spacial score (nSPS) is 17.1. The van der Waals surface area contributed by atoms with E-state index in [9.17, 15) is 4.79 Å². The molecule has 1 heterocycles. The van der Waals surface area contributed by atoms with E-state index in [1.807, 2.05) is 19.1 Å². The lowest BCUT2D eigenvalue weighted by Crippen LogP contribution is -2.24. The van der Waals surface area contributed by atoms with Crippen LogP contribution in [0.2, 0.25) is 0 Å². The Labute approximate surface area is 121 Å². The molecule has 19 heavy (non-hydrogen) atoms. The standard InChI is InChI=1S/C14H18BrN3O/c1-4-18(7-8(2)3)12-6-11-9(5-10(12)15)13(16)14(19)17-11/h5-6,13H,2,4,7,16H2,1,3H3,(H,17,19). The minimum Gasteiger partial charge on any atom is -0.367 e. The molecule has 2 rings (SSSR count).